The van der Waals surface area contributed by atoms with Crippen LogP contribution < -0.4 is 0 Å². The lowest BCUT2D eigenvalue weighted by Crippen LogP contribution is -1.99. The molecule has 0 amide bonds. The SMILES string of the molecule is C=CP(=C)(C)CC1CCCC1. The maximum Gasteiger partial charge on any atom is -0.0274 e. The predicted octanol–water partition coefficient (Wildman–Crippen LogP) is 3.40. The van der Waals surface area contributed by atoms with Crippen molar-refractivity contribution in [2.45, 2.75) is 25.7 Å². The van der Waals surface area contributed by atoms with Gasteiger partial charge in [0.15, 0.2) is 0 Å². The molecule has 1 atom stereocenters. The molecule has 0 aliphatic heterocycles. The van der Waals surface area contributed by atoms with Gasteiger partial charge in [-0.1, -0.05) is 51.3 Å². The van der Waals surface area contributed by atoms with Crippen molar-refractivity contribution in [2.24, 2.45) is 5.92 Å². The van der Waals surface area contributed by atoms with Crippen molar-refractivity contribution in [1.29, 1.82) is 0 Å². The number of rotatable bonds is 3. The van der Waals surface area contributed by atoms with E-state index < -0.39 is 6.89 Å². The highest BCUT2D eigenvalue weighted by atomic mass is 31.2. The summed E-state index contributed by atoms with van der Waals surface area (Å²) in [6.45, 7) is 5.19. The molecule has 1 fully saturated rings. The molecule has 0 nitrogen and oxygen atoms in total. The van der Waals surface area contributed by atoms with Crippen LogP contribution in [0.25, 0.3) is 0 Å². The van der Waals surface area contributed by atoms with Crippen molar-refractivity contribution in [3.63, 3.8) is 0 Å². The second-order valence-corrected chi connectivity index (χ2v) is 7.68. The highest BCUT2D eigenvalue weighted by Crippen LogP contribution is 2.46. The lowest BCUT2D eigenvalue weighted by atomic mass is 10.1. The Morgan fingerprint density at radius 3 is 2.45 bits per heavy atom. The first-order valence-corrected chi connectivity index (χ1v) is 7.15. The topological polar surface area (TPSA) is 0 Å². The van der Waals surface area contributed by atoms with E-state index in [1.165, 1.54) is 31.8 Å². The molecule has 1 heteroatoms. The van der Waals surface area contributed by atoms with Gasteiger partial charge in [0.2, 0.25) is 0 Å². The number of hydrogen-bond acceptors (Lipinski definition) is 0. The molecule has 0 saturated heterocycles. The molecular weight excluding hydrogens is 151 g/mol. The molecule has 1 unspecified atom stereocenters. The van der Waals surface area contributed by atoms with E-state index in [0.717, 1.165) is 5.92 Å². The van der Waals surface area contributed by atoms with Crippen molar-refractivity contribution < 1.29 is 0 Å². The Labute approximate surface area is 70.7 Å². The minimum Gasteiger partial charge on any atom is -0.0986 e. The third-order valence-electron chi connectivity index (χ3n) is 2.59. The van der Waals surface area contributed by atoms with Gasteiger partial charge in [0, 0.05) is 0 Å². The van der Waals surface area contributed by atoms with Gasteiger partial charge < -0.3 is 0 Å². The monoisotopic (exact) mass is 170 g/mol. The van der Waals surface area contributed by atoms with Gasteiger partial charge in [0.25, 0.3) is 0 Å². The van der Waals surface area contributed by atoms with Crippen LogP contribution in [0.3, 0.4) is 0 Å². The average Bonchev–Trinajstić information content (AvgIpc) is 2.39. The fourth-order valence-corrected chi connectivity index (χ4v) is 3.55. The second kappa shape index (κ2) is 3.63. The Kier molecular flexibility index (Phi) is 3.01. The van der Waals surface area contributed by atoms with Crippen LogP contribution in [0.4, 0.5) is 0 Å². The minimum atomic E-state index is -0.959. The molecule has 0 heterocycles. The normalized spacial score (nSPS) is 24.8. The summed E-state index contributed by atoms with van der Waals surface area (Å²) in [4.78, 5) is 0. The van der Waals surface area contributed by atoms with Gasteiger partial charge in [-0.05, 0) is 18.7 Å². The van der Waals surface area contributed by atoms with Gasteiger partial charge in [-0.2, -0.15) is 0 Å². The van der Waals surface area contributed by atoms with Crippen LogP contribution in [0.2, 0.25) is 0 Å². The summed E-state index contributed by atoms with van der Waals surface area (Å²) in [6, 6.07) is 0. The van der Waals surface area contributed by atoms with Gasteiger partial charge in [-0.25, -0.2) is 0 Å². The molecule has 0 bridgehead atoms. The first-order chi connectivity index (χ1) is 5.14. The molecule has 0 N–H and O–H groups in total. The summed E-state index contributed by atoms with van der Waals surface area (Å²) in [5.41, 5.74) is 0. The molecule has 0 spiro atoms. The first kappa shape index (κ1) is 9.13. The van der Waals surface area contributed by atoms with Crippen molar-refractivity contribution in [2.75, 3.05) is 12.8 Å². The molecule has 1 saturated carbocycles. The first-order valence-electron chi connectivity index (χ1n) is 4.47. The molecule has 64 valence electrons. The molecule has 11 heavy (non-hydrogen) atoms. The molecule has 1 aliphatic rings. The zero-order valence-corrected chi connectivity index (χ0v) is 8.45. The largest absolute Gasteiger partial charge is 0.0986 e. The molecule has 1 rings (SSSR count). The minimum absolute atomic E-state index is 0.959. The summed E-state index contributed by atoms with van der Waals surface area (Å²) >= 11 is 0. The fraction of sp³-hybridized carbons (Fsp3) is 0.700. The summed E-state index contributed by atoms with van der Waals surface area (Å²) in [5.74, 6) is 3.08. The van der Waals surface area contributed by atoms with E-state index in [0.29, 0.717) is 0 Å². The van der Waals surface area contributed by atoms with E-state index >= 15 is 0 Å². The smallest absolute Gasteiger partial charge is 0.0274 e. The Morgan fingerprint density at radius 1 is 1.45 bits per heavy atom. The second-order valence-electron chi connectivity index (χ2n) is 4.00. The van der Waals surface area contributed by atoms with E-state index in [1.54, 1.807) is 0 Å². The molecule has 0 radical (unpaired) electrons. The standard InChI is InChI=1S/C10H19P/c1-4-11(2,3)9-10-7-5-6-8-10/h4,10H,1-2,5-9H2,3H3. The van der Waals surface area contributed by atoms with Gasteiger partial charge in [-0.15, -0.1) is 0 Å². The molecule has 0 aromatic heterocycles. The Hall–Kier alpha value is 0.0400. The third kappa shape index (κ3) is 2.87. The van der Waals surface area contributed by atoms with Crippen LogP contribution in [0, 0.1) is 5.92 Å². The van der Waals surface area contributed by atoms with Crippen LogP contribution in [-0.2, 0) is 0 Å². The molecule has 1 aliphatic carbocycles. The van der Waals surface area contributed by atoms with Gasteiger partial charge >= 0.3 is 0 Å². The lowest BCUT2D eigenvalue weighted by molar-refractivity contribution is 0.620. The average molecular weight is 170 g/mol. The van der Waals surface area contributed by atoms with Crippen molar-refractivity contribution in [1.82, 2.24) is 0 Å². The van der Waals surface area contributed by atoms with E-state index in [9.17, 15) is 0 Å². The lowest BCUT2D eigenvalue weighted by Gasteiger charge is -2.18. The summed E-state index contributed by atoms with van der Waals surface area (Å²) < 4.78 is 0. The zero-order chi connectivity index (χ0) is 8.32. The van der Waals surface area contributed by atoms with Crippen LogP contribution in [0.5, 0.6) is 0 Å². The Morgan fingerprint density at radius 2 is 2.00 bits per heavy atom. The highest BCUT2D eigenvalue weighted by Gasteiger charge is 2.17. The van der Waals surface area contributed by atoms with Crippen molar-refractivity contribution in [3.05, 3.63) is 12.4 Å². The van der Waals surface area contributed by atoms with Crippen LogP contribution in [-0.4, -0.2) is 19.1 Å². The van der Waals surface area contributed by atoms with Crippen LogP contribution >= 0.6 is 6.89 Å². The third-order valence-corrected chi connectivity index (χ3v) is 4.82. The van der Waals surface area contributed by atoms with E-state index in [-0.39, 0.29) is 0 Å². The van der Waals surface area contributed by atoms with Gasteiger partial charge in [0.1, 0.15) is 0 Å². The molecule has 0 aromatic carbocycles. The highest BCUT2D eigenvalue weighted by molar-refractivity contribution is 7.75. The maximum atomic E-state index is 4.24. The predicted molar refractivity (Wildman–Crippen MR) is 57.0 cm³/mol. The molecular formula is C10H19P. The van der Waals surface area contributed by atoms with Crippen LogP contribution in [0.15, 0.2) is 12.4 Å². The number of hydrogen-bond donors (Lipinski definition) is 0. The van der Waals surface area contributed by atoms with Gasteiger partial charge in [0.05, 0.1) is 0 Å². The van der Waals surface area contributed by atoms with Crippen molar-refractivity contribution in [3.8, 4) is 0 Å². The fourth-order valence-electron chi connectivity index (χ4n) is 1.86. The zero-order valence-electron chi connectivity index (χ0n) is 7.55. The summed E-state index contributed by atoms with van der Waals surface area (Å²) in [6.07, 6.45) is 11.4. The Bertz CT molecular complexity index is 175. The summed E-state index contributed by atoms with van der Waals surface area (Å²) in [7, 11) is 0. The van der Waals surface area contributed by atoms with E-state index in [4.69, 9.17) is 0 Å². The van der Waals surface area contributed by atoms with Crippen LogP contribution in [0.1, 0.15) is 25.7 Å². The van der Waals surface area contributed by atoms with Crippen molar-refractivity contribution >= 4 is 13.2 Å². The Balaban J connectivity index is 2.40. The van der Waals surface area contributed by atoms with E-state index in [2.05, 4.69) is 25.4 Å². The quantitative estimate of drug-likeness (QED) is 0.569. The maximum absolute atomic E-state index is 4.24. The van der Waals surface area contributed by atoms with E-state index in [1.807, 2.05) is 0 Å². The molecule has 0 aromatic rings. The summed E-state index contributed by atoms with van der Waals surface area (Å²) in [5, 5.41) is 0. The van der Waals surface area contributed by atoms with Gasteiger partial charge in [-0.3, -0.25) is 0 Å².